The molecular formula is C25H35N5O2. The van der Waals surface area contributed by atoms with Crippen LogP contribution in [0.1, 0.15) is 48.3 Å². The zero-order chi connectivity index (χ0) is 22.5. The normalized spacial score (nSPS) is 16.2. The molecule has 172 valence electrons. The average Bonchev–Trinajstić information content (AvgIpc) is 3.30. The highest BCUT2D eigenvalue weighted by atomic mass is 16.5. The number of para-hydroxylation sites is 1. The van der Waals surface area contributed by atoms with Gasteiger partial charge in [-0.2, -0.15) is 0 Å². The smallest absolute Gasteiger partial charge is 0.228 e. The van der Waals surface area contributed by atoms with E-state index < -0.39 is 0 Å². The van der Waals surface area contributed by atoms with Crippen molar-refractivity contribution in [2.75, 3.05) is 50.2 Å². The Bertz CT molecular complexity index is 942. The summed E-state index contributed by atoms with van der Waals surface area (Å²) >= 11 is 0. The van der Waals surface area contributed by atoms with Crippen LogP contribution in [-0.4, -0.2) is 61.2 Å². The van der Waals surface area contributed by atoms with Gasteiger partial charge in [-0.3, -0.25) is 14.6 Å². The van der Waals surface area contributed by atoms with E-state index in [9.17, 15) is 4.79 Å². The molecule has 3 heterocycles. The predicted molar refractivity (Wildman–Crippen MR) is 127 cm³/mol. The van der Waals surface area contributed by atoms with E-state index in [1.165, 1.54) is 24.1 Å². The molecule has 0 bridgehead atoms. The Kier molecular flexibility index (Phi) is 7.37. The Morgan fingerprint density at radius 1 is 1.09 bits per heavy atom. The summed E-state index contributed by atoms with van der Waals surface area (Å²) < 4.78 is 5.18. The Morgan fingerprint density at radius 3 is 2.66 bits per heavy atom. The van der Waals surface area contributed by atoms with Gasteiger partial charge in [-0.25, -0.2) is 9.97 Å². The fourth-order valence-corrected chi connectivity index (χ4v) is 4.81. The maximum Gasteiger partial charge on any atom is 0.228 e. The summed E-state index contributed by atoms with van der Waals surface area (Å²) in [4.78, 5) is 28.9. The largest absolute Gasteiger partial charge is 0.385 e. The highest BCUT2D eigenvalue weighted by molar-refractivity contribution is 5.95. The molecule has 2 aliphatic rings. The van der Waals surface area contributed by atoms with Crippen LogP contribution < -0.4 is 9.80 Å². The molecule has 0 N–H and O–H groups in total. The van der Waals surface area contributed by atoms with Crippen molar-refractivity contribution < 1.29 is 9.53 Å². The van der Waals surface area contributed by atoms with Crippen LogP contribution in [0.25, 0.3) is 0 Å². The second kappa shape index (κ2) is 10.4. The number of anilines is 2. The standard InChI is InChI=1S/C25H35N5O2/c1-19-21-11-12-24(31)30(15-8-16-32-3)25(21)27-23(26-19)18-28(2)17-20-9-4-5-10-22(20)29-13-6-7-14-29/h4-5,9-10H,6-8,11-18H2,1-3H3. The summed E-state index contributed by atoms with van der Waals surface area (Å²) in [6.45, 7) is 7.06. The zero-order valence-electron chi connectivity index (χ0n) is 19.6. The molecule has 0 spiro atoms. The lowest BCUT2D eigenvalue weighted by Gasteiger charge is -2.30. The lowest BCUT2D eigenvalue weighted by molar-refractivity contribution is -0.119. The zero-order valence-corrected chi connectivity index (χ0v) is 19.6. The van der Waals surface area contributed by atoms with E-state index in [0.29, 0.717) is 26.1 Å². The second-order valence-corrected chi connectivity index (χ2v) is 8.91. The molecule has 32 heavy (non-hydrogen) atoms. The van der Waals surface area contributed by atoms with E-state index in [1.54, 1.807) is 7.11 Å². The number of carbonyl (C=O) groups is 1. The van der Waals surface area contributed by atoms with Crippen LogP contribution in [0.4, 0.5) is 11.5 Å². The number of aromatic nitrogens is 2. The van der Waals surface area contributed by atoms with Gasteiger partial charge in [0.15, 0.2) is 0 Å². The molecule has 0 saturated carbocycles. The van der Waals surface area contributed by atoms with Crippen molar-refractivity contribution in [2.45, 2.75) is 52.1 Å². The van der Waals surface area contributed by atoms with E-state index in [1.807, 2.05) is 11.8 Å². The third-order valence-corrected chi connectivity index (χ3v) is 6.40. The molecule has 1 aromatic heterocycles. The minimum Gasteiger partial charge on any atom is -0.385 e. The molecule has 1 amide bonds. The highest BCUT2D eigenvalue weighted by Gasteiger charge is 2.28. The summed E-state index contributed by atoms with van der Waals surface area (Å²) in [5, 5.41) is 0. The van der Waals surface area contributed by atoms with Crippen LogP contribution in [0.3, 0.4) is 0 Å². The van der Waals surface area contributed by atoms with E-state index in [-0.39, 0.29) is 5.91 Å². The van der Waals surface area contributed by atoms with Crippen molar-refractivity contribution in [2.24, 2.45) is 0 Å². The number of fused-ring (bicyclic) bond motifs is 1. The quantitative estimate of drug-likeness (QED) is 0.561. The summed E-state index contributed by atoms with van der Waals surface area (Å²) in [6, 6.07) is 8.70. The number of ether oxygens (including phenoxy) is 1. The summed E-state index contributed by atoms with van der Waals surface area (Å²) in [5.41, 5.74) is 4.77. The molecule has 1 saturated heterocycles. The van der Waals surface area contributed by atoms with Gasteiger partial charge in [0, 0.05) is 63.3 Å². The van der Waals surface area contributed by atoms with Crippen LogP contribution in [0, 0.1) is 6.92 Å². The van der Waals surface area contributed by atoms with Gasteiger partial charge in [-0.05, 0) is 51.3 Å². The van der Waals surface area contributed by atoms with Gasteiger partial charge < -0.3 is 9.64 Å². The van der Waals surface area contributed by atoms with Gasteiger partial charge in [0.05, 0.1) is 6.54 Å². The maximum atomic E-state index is 12.6. The lowest BCUT2D eigenvalue weighted by atomic mass is 10.0. The minimum absolute atomic E-state index is 0.144. The number of carbonyl (C=O) groups excluding carboxylic acids is 1. The van der Waals surface area contributed by atoms with Crippen LogP contribution in [0.2, 0.25) is 0 Å². The molecule has 0 aliphatic carbocycles. The predicted octanol–water partition coefficient (Wildman–Crippen LogP) is 3.33. The van der Waals surface area contributed by atoms with Gasteiger partial charge in [0.1, 0.15) is 11.6 Å². The van der Waals surface area contributed by atoms with Crippen LogP contribution >= 0.6 is 0 Å². The van der Waals surface area contributed by atoms with Crippen molar-refractivity contribution in [3.8, 4) is 0 Å². The molecule has 4 rings (SSSR count). The minimum atomic E-state index is 0.144. The molecule has 1 fully saturated rings. The first-order valence-electron chi connectivity index (χ1n) is 11.7. The van der Waals surface area contributed by atoms with E-state index in [2.05, 4.69) is 41.1 Å². The van der Waals surface area contributed by atoms with Crippen molar-refractivity contribution in [3.63, 3.8) is 0 Å². The number of hydrogen-bond donors (Lipinski definition) is 0. The van der Waals surface area contributed by atoms with Gasteiger partial charge in [0.2, 0.25) is 5.91 Å². The molecule has 0 radical (unpaired) electrons. The van der Waals surface area contributed by atoms with Gasteiger partial charge in [-0.1, -0.05) is 18.2 Å². The summed E-state index contributed by atoms with van der Waals surface area (Å²) in [5.74, 6) is 1.71. The fraction of sp³-hybridized carbons (Fsp3) is 0.560. The molecule has 0 unspecified atom stereocenters. The summed E-state index contributed by atoms with van der Waals surface area (Å²) in [7, 11) is 3.80. The first-order chi connectivity index (χ1) is 15.6. The third kappa shape index (κ3) is 5.10. The molecular weight excluding hydrogens is 402 g/mol. The number of amides is 1. The van der Waals surface area contributed by atoms with Crippen LogP contribution in [0.5, 0.6) is 0 Å². The van der Waals surface area contributed by atoms with Gasteiger partial charge in [0.25, 0.3) is 0 Å². The van der Waals surface area contributed by atoms with E-state index >= 15 is 0 Å². The topological polar surface area (TPSA) is 61.8 Å². The Morgan fingerprint density at radius 2 is 1.88 bits per heavy atom. The summed E-state index contributed by atoms with van der Waals surface area (Å²) in [6.07, 6.45) is 4.59. The lowest BCUT2D eigenvalue weighted by Crippen LogP contribution is -2.38. The van der Waals surface area contributed by atoms with Crippen molar-refractivity contribution in [3.05, 3.63) is 46.9 Å². The molecule has 1 aromatic carbocycles. The number of hydrogen-bond acceptors (Lipinski definition) is 6. The molecule has 7 heteroatoms. The van der Waals surface area contributed by atoms with Gasteiger partial charge >= 0.3 is 0 Å². The number of benzene rings is 1. The molecule has 0 atom stereocenters. The Labute approximate surface area is 191 Å². The highest BCUT2D eigenvalue weighted by Crippen LogP contribution is 2.29. The van der Waals surface area contributed by atoms with Gasteiger partial charge in [-0.15, -0.1) is 0 Å². The average molecular weight is 438 g/mol. The first-order valence-corrected chi connectivity index (χ1v) is 11.7. The second-order valence-electron chi connectivity index (χ2n) is 8.91. The fourth-order valence-electron chi connectivity index (χ4n) is 4.81. The number of nitrogens with zero attached hydrogens (tertiary/aromatic N) is 5. The first kappa shape index (κ1) is 22.7. The molecule has 7 nitrogen and oxygen atoms in total. The Balaban J connectivity index is 1.50. The molecule has 2 aliphatic heterocycles. The van der Waals surface area contributed by atoms with Crippen molar-refractivity contribution in [1.82, 2.24) is 14.9 Å². The maximum absolute atomic E-state index is 12.6. The van der Waals surface area contributed by atoms with Crippen molar-refractivity contribution >= 4 is 17.4 Å². The SMILES string of the molecule is COCCCN1C(=O)CCc2c(C)nc(CN(C)Cc3ccccc3N3CCCC3)nc21. The van der Waals surface area contributed by atoms with E-state index in [0.717, 1.165) is 55.4 Å². The molecule has 2 aromatic rings. The monoisotopic (exact) mass is 437 g/mol. The third-order valence-electron chi connectivity index (χ3n) is 6.40. The number of rotatable bonds is 9. The number of methoxy groups -OCH3 is 1. The van der Waals surface area contributed by atoms with Crippen LogP contribution in [0.15, 0.2) is 24.3 Å². The van der Waals surface area contributed by atoms with Crippen molar-refractivity contribution in [1.29, 1.82) is 0 Å². The van der Waals surface area contributed by atoms with Crippen LogP contribution in [-0.2, 0) is 29.0 Å². The number of aryl methyl sites for hydroxylation is 1. The Hall–Kier alpha value is -2.51. The van der Waals surface area contributed by atoms with E-state index in [4.69, 9.17) is 14.7 Å².